The minimum Gasteiger partial charge on any atom is -0.449 e. The molecule has 0 saturated carbocycles. The Balaban J connectivity index is 3.68. The van der Waals surface area contributed by atoms with Crippen LogP contribution in [0.15, 0.2) is 0 Å². The van der Waals surface area contributed by atoms with Crippen LogP contribution in [0.4, 0.5) is 9.59 Å². The summed E-state index contributed by atoms with van der Waals surface area (Å²) in [5.74, 6) is 0. The van der Waals surface area contributed by atoms with Crippen molar-refractivity contribution in [1.82, 2.24) is 10.6 Å². The van der Waals surface area contributed by atoms with E-state index >= 15 is 0 Å². The Labute approximate surface area is 318 Å². The van der Waals surface area contributed by atoms with E-state index in [0.717, 1.165) is 38.5 Å². The minimum absolute atomic E-state index is 0.261. The molecule has 0 unspecified atom stereocenters. The number of hydrogen-bond donors (Lipinski definition) is 2. The normalized spacial score (nSPS) is 11.5. The highest BCUT2D eigenvalue weighted by molar-refractivity contribution is 5.67. The third-order valence-electron chi connectivity index (χ3n) is 11.1. The maximum atomic E-state index is 12.4. The van der Waals surface area contributed by atoms with Gasteiger partial charge in [0.05, 0.1) is 0 Å². The molecule has 2 amide bonds. The standard InChI is InChI=1S/C45H90N2O4/c1-5-9-11-13-15-17-19-21-23-25-27-29-31-33-35-37-39-46-43(48)50-41-45(7-3,8-4)42-51-44(49)47-40-38-36-34-32-30-28-26-24-22-20-18-16-14-12-10-6-2/h5-42H2,1-4H3,(H,46,48)(H,47,49). The fourth-order valence-corrected chi connectivity index (χ4v) is 6.97. The fraction of sp³-hybridized carbons (Fsp3) is 0.956. The number of amides is 2. The molecule has 0 rings (SSSR count). The number of carbonyl (C=O) groups excluding carboxylic acids is 2. The maximum absolute atomic E-state index is 12.4. The van der Waals surface area contributed by atoms with Crippen molar-refractivity contribution >= 4 is 12.2 Å². The largest absolute Gasteiger partial charge is 0.449 e. The lowest BCUT2D eigenvalue weighted by Crippen LogP contribution is -2.37. The first-order valence-electron chi connectivity index (χ1n) is 22.8. The van der Waals surface area contributed by atoms with E-state index in [9.17, 15) is 9.59 Å². The van der Waals surface area contributed by atoms with Gasteiger partial charge in [0.15, 0.2) is 0 Å². The lowest BCUT2D eigenvalue weighted by molar-refractivity contribution is 0.0210. The third kappa shape index (κ3) is 35.3. The van der Waals surface area contributed by atoms with Gasteiger partial charge in [0.25, 0.3) is 0 Å². The van der Waals surface area contributed by atoms with E-state index in [1.807, 2.05) is 0 Å². The van der Waals surface area contributed by atoms with Gasteiger partial charge in [-0.15, -0.1) is 0 Å². The summed E-state index contributed by atoms with van der Waals surface area (Å²) in [5, 5.41) is 5.82. The summed E-state index contributed by atoms with van der Waals surface area (Å²) in [6.45, 7) is 10.5. The predicted molar refractivity (Wildman–Crippen MR) is 221 cm³/mol. The predicted octanol–water partition coefficient (Wildman–Crippen LogP) is 14.8. The smallest absolute Gasteiger partial charge is 0.407 e. The van der Waals surface area contributed by atoms with Crippen LogP contribution in [0.1, 0.15) is 246 Å². The highest BCUT2D eigenvalue weighted by Gasteiger charge is 2.30. The van der Waals surface area contributed by atoms with E-state index in [2.05, 4.69) is 38.3 Å². The first kappa shape index (κ1) is 49.5. The summed E-state index contributed by atoms with van der Waals surface area (Å²) in [5.41, 5.74) is -0.350. The van der Waals surface area contributed by atoms with E-state index < -0.39 is 0 Å². The van der Waals surface area contributed by atoms with Gasteiger partial charge in [0.2, 0.25) is 0 Å². The number of unbranched alkanes of at least 4 members (excludes halogenated alkanes) is 30. The number of nitrogens with one attached hydrogen (secondary N) is 2. The van der Waals surface area contributed by atoms with Crippen LogP contribution in [0.2, 0.25) is 0 Å². The van der Waals surface area contributed by atoms with Crippen LogP contribution in [0, 0.1) is 5.41 Å². The molecule has 304 valence electrons. The second-order valence-electron chi connectivity index (χ2n) is 15.8. The molecule has 0 atom stereocenters. The number of alkyl carbamates (subject to hydrolysis) is 2. The summed E-state index contributed by atoms with van der Waals surface area (Å²) in [6.07, 6.45) is 43.7. The van der Waals surface area contributed by atoms with E-state index in [-0.39, 0.29) is 30.8 Å². The third-order valence-corrected chi connectivity index (χ3v) is 11.1. The Morgan fingerprint density at radius 1 is 0.353 bits per heavy atom. The highest BCUT2D eigenvalue weighted by Crippen LogP contribution is 2.27. The molecule has 6 heteroatoms. The van der Waals surface area contributed by atoms with Crippen molar-refractivity contribution in [2.24, 2.45) is 5.41 Å². The monoisotopic (exact) mass is 723 g/mol. The molecular weight excluding hydrogens is 633 g/mol. The lowest BCUT2D eigenvalue weighted by atomic mass is 9.84. The van der Waals surface area contributed by atoms with Gasteiger partial charge in [-0.3, -0.25) is 0 Å². The molecular formula is C45H90N2O4. The Morgan fingerprint density at radius 3 is 0.784 bits per heavy atom. The quantitative estimate of drug-likeness (QED) is 0.0617. The number of carbonyl (C=O) groups is 2. The zero-order valence-electron chi connectivity index (χ0n) is 35.0. The van der Waals surface area contributed by atoms with Gasteiger partial charge in [-0.05, 0) is 25.7 Å². The summed E-state index contributed by atoms with van der Waals surface area (Å²) in [4.78, 5) is 24.7. The first-order valence-corrected chi connectivity index (χ1v) is 22.8. The topological polar surface area (TPSA) is 76.7 Å². The van der Waals surface area contributed by atoms with E-state index in [4.69, 9.17) is 9.47 Å². The molecule has 0 aliphatic heterocycles. The molecule has 0 aliphatic rings. The number of rotatable bonds is 40. The maximum Gasteiger partial charge on any atom is 0.407 e. The fourth-order valence-electron chi connectivity index (χ4n) is 6.97. The van der Waals surface area contributed by atoms with Crippen molar-refractivity contribution in [3.63, 3.8) is 0 Å². The zero-order chi connectivity index (χ0) is 37.4. The van der Waals surface area contributed by atoms with E-state index in [1.165, 1.54) is 180 Å². The van der Waals surface area contributed by atoms with Gasteiger partial charge in [-0.1, -0.05) is 220 Å². The summed E-state index contributed by atoms with van der Waals surface area (Å²) < 4.78 is 11.2. The molecule has 0 fully saturated rings. The van der Waals surface area contributed by atoms with Gasteiger partial charge in [-0.25, -0.2) is 9.59 Å². The molecule has 0 bridgehead atoms. The SMILES string of the molecule is CCCCCCCCCCCCCCCCCCNC(=O)OCC(CC)(CC)COC(=O)NCCCCCCCCCCCCCCCCCC. The van der Waals surface area contributed by atoms with Crippen molar-refractivity contribution in [3.05, 3.63) is 0 Å². The molecule has 0 aliphatic carbocycles. The average molecular weight is 723 g/mol. The second kappa shape index (κ2) is 39.7. The van der Waals surface area contributed by atoms with Gasteiger partial charge in [0, 0.05) is 18.5 Å². The van der Waals surface area contributed by atoms with Crippen molar-refractivity contribution < 1.29 is 19.1 Å². The van der Waals surface area contributed by atoms with Crippen LogP contribution in [0.25, 0.3) is 0 Å². The van der Waals surface area contributed by atoms with Crippen LogP contribution >= 0.6 is 0 Å². The average Bonchev–Trinajstić information content (AvgIpc) is 3.14. The Kier molecular flexibility index (Phi) is 38.6. The van der Waals surface area contributed by atoms with Crippen LogP contribution in [-0.2, 0) is 9.47 Å². The molecule has 0 aromatic rings. The molecule has 0 radical (unpaired) electrons. The van der Waals surface area contributed by atoms with Crippen molar-refractivity contribution in [3.8, 4) is 0 Å². The second-order valence-corrected chi connectivity index (χ2v) is 15.8. The Bertz CT molecular complexity index is 671. The molecule has 0 aromatic heterocycles. The molecule has 6 nitrogen and oxygen atoms in total. The van der Waals surface area contributed by atoms with Crippen LogP contribution in [0.5, 0.6) is 0 Å². The van der Waals surface area contributed by atoms with Gasteiger partial charge >= 0.3 is 12.2 Å². The molecule has 0 spiro atoms. The molecule has 0 aromatic carbocycles. The highest BCUT2D eigenvalue weighted by atomic mass is 16.6. The molecule has 0 saturated heterocycles. The first-order chi connectivity index (χ1) is 25.0. The van der Waals surface area contributed by atoms with E-state index in [1.54, 1.807) is 0 Å². The number of ether oxygens (including phenoxy) is 2. The number of hydrogen-bond acceptors (Lipinski definition) is 4. The molecule has 51 heavy (non-hydrogen) atoms. The van der Waals surface area contributed by atoms with Gasteiger partial charge in [-0.2, -0.15) is 0 Å². The molecule has 2 N–H and O–H groups in total. The van der Waals surface area contributed by atoms with Crippen LogP contribution in [-0.4, -0.2) is 38.5 Å². The summed E-state index contributed by atoms with van der Waals surface area (Å²) in [6, 6.07) is 0. The Morgan fingerprint density at radius 2 is 0.569 bits per heavy atom. The van der Waals surface area contributed by atoms with Gasteiger partial charge < -0.3 is 20.1 Å². The van der Waals surface area contributed by atoms with Crippen molar-refractivity contribution in [2.75, 3.05) is 26.3 Å². The minimum atomic E-state index is -0.366. The van der Waals surface area contributed by atoms with Crippen LogP contribution in [0.3, 0.4) is 0 Å². The zero-order valence-corrected chi connectivity index (χ0v) is 35.0. The summed E-state index contributed by atoms with van der Waals surface area (Å²) in [7, 11) is 0. The Hall–Kier alpha value is -1.46. The summed E-state index contributed by atoms with van der Waals surface area (Å²) >= 11 is 0. The van der Waals surface area contributed by atoms with Gasteiger partial charge in [0.1, 0.15) is 13.2 Å². The van der Waals surface area contributed by atoms with E-state index in [0.29, 0.717) is 13.1 Å². The van der Waals surface area contributed by atoms with Crippen molar-refractivity contribution in [1.29, 1.82) is 0 Å². The lowest BCUT2D eigenvalue weighted by Gasteiger charge is -2.30. The molecule has 0 heterocycles. The van der Waals surface area contributed by atoms with Crippen molar-refractivity contribution in [2.45, 2.75) is 246 Å². The van der Waals surface area contributed by atoms with Crippen LogP contribution < -0.4 is 10.6 Å².